The number of rotatable bonds is 3. The molecule has 2 aliphatic heterocycles. The molecule has 0 aliphatic carbocycles. The largest absolute Gasteiger partial charge is 0.374 e. The Labute approximate surface area is 122 Å². The van der Waals surface area contributed by atoms with Crippen molar-refractivity contribution in [3.8, 4) is 0 Å². The summed E-state index contributed by atoms with van der Waals surface area (Å²) in [6, 6.07) is 9.25. The summed E-state index contributed by atoms with van der Waals surface area (Å²) in [7, 11) is 0. The van der Waals surface area contributed by atoms with Crippen LogP contribution in [0.15, 0.2) is 59.5 Å². The summed E-state index contributed by atoms with van der Waals surface area (Å²) in [4.78, 5) is 20.0. The van der Waals surface area contributed by atoms with Gasteiger partial charge in [-0.3, -0.25) is 4.79 Å². The van der Waals surface area contributed by atoms with Crippen LogP contribution in [0.4, 0.5) is 5.69 Å². The first-order valence-electron chi connectivity index (χ1n) is 6.69. The van der Waals surface area contributed by atoms with Gasteiger partial charge in [0.2, 0.25) is 6.67 Å². The van der Waals surface area contributed by atoms with Crippen LogP contribution >= 0.6 is 0 Å². The van der Waals surface area contributed by atoms with Crippen LogP contribution in [0.3, 0.4) is 0 Å². The number of aliphatic hydroxyl groups excluding tert-OH is 1. The molecule has 0 spiro atoms. The molecule has 1 aromatic rings. The second-order valence-corrected chi connectivity index (χ2v) is 4.88. The highest BCUT2D eigenvalue weighted by molar-refractivity contribution is 6.10. The van der Waals surface area contributed by atoms with Gasteiger partial charge in [-0.2, -0.15) is 4.99 Å². The summed E-state index contributed by atoms with van der Waals surface area (Å²) in [5, 5.41) is 12.4. The van der Waals surface area contributed by atoms with Gasteiger partial charge >= 0.3 is 0 Å². The number of anilines is 1. The first-order chi connectivity index (χ1) is 10.1. The summed E-state index contributed by atoms with van der Waals surface area (Å²) in [6.45, 7) is 2.16. The number of amidine groups is 1. The standard InChI is InChI=1S/C15H16N4O2/c1-11(20)18-8-7-14-17-13(9-19(14)10-18)15(21)16-12-5-3-2-4-6-12/h2-9,11,20H,10H2,1H3,(H,16,21)/q+1. The molecule has 1 amide bonds. The monoisotopic (exact) mass is 284 g/mol. The molecule has 1 unspecified atom stereocenters. The zero-order valence-electron chi connectivity index (χ0n) is 11.6. The highest BCUT2D eigenvalue weighted by atomic mass is 16.3. The number of hydrogen-bond donors (Lipinski definition) is 2. The molecule has 1 aromatic carbocycles. The molecule has 0 fully saturated rings. The molecular formula is C15H16N4O2+. The fourth-order valence-corrected chi connectivity index (χ4v) is 2.13. The fraction of sp³-hybridized carbons (Fsp3) is 0.200. The lowest BCUT2D eigenvalue weighted by Crippen LogP contribution is -2.45. The lowest BCUT2D eigenvalue weighted by molar-refractivity contribution is -0.112. The number of nitrogens with one attached hydrogen (secondary N) is 1. The van der Waals surface area contributed by atoms with Crippen molar-refractivity contribution in [2.75, 3.05) is 12.0 Å². The maximum atomic E-state index is 12.2. The number of para-hydroxylation sites is 1. The van der Waals surface area contributed by atoms with Crippen molar-refractivity contribution in [2.45, 2.75) is 13.2 Å². The number of carbonyl (C=O) groups excluding carboxylic acids is 1. The van der Waals surface area contributed by atoms with Gasteiger partial charge in [0.15, 0.2) is 11.9 Å². The highest BCUT2D eigenvalue weighted by Gasteiger charge is 2.35. The Bertz CT molecular complexity index is 634. The van der Waals surface area contributed by atoms with Crippen LogP contribution < -0.4 is 10.2 Å². The van der Waals surface area contributed by atoms with Crippen molar-refractivity contribution < 1.29 is 9.90 Å². The molecular weight excluding hydrogens is 268 g/mol. The van der Waals surface area contributed by atoms with E-state index in [0.29, 0.717) is 18.2 Å². The third-order valence-corrected chi connectivity index (χ3v) is 3.28. The summed E-state index contributed by atoms with van der Waals surface area (Å²) < 4.78 is 0. The molecule has 6 heteroatoms. The molecule has 107 valence electrons. The smallest absolute Gasteiger partial charge is 0.285 e. The molecule has 0 bridgehead atoms. The van der Waals surface area contributed by atoms with Gasteiger partial charge in [0.05, 0.1) is 0 Å². The molecule has 6 nitrogen and oxygen atoms in total. The fourth-order valence-electron chi connectivity index (χ4n) is 2.13. The zero-order chi connectivity index (χ0) is 14.8. The number of hydrogen-bond acceptors (Lipinski definition) is 5. The number of nitrogens with zero attached hydrogens (tertiary/aromatic N) is 3. The molecule has 2 aliphatic rings. The van der Waals surface area contributed by atoms with Crippen LogP contribution in [0.25, 0.3) is 0 Å². The Hall–Kier alpha value is -2.44. The summed E-state index contributed by atoms with van der Waals surface area (Å²) in [5.41, 5.74) is 1.08. The van der Waals surface area contributed by atoms with Gasteiger partial charge in [-0.15, -0.1) is 0 Å². The Kier molecular flexibility index (Phi) is 3.55. The maximum absolute atomic E-state index is 12.2. The van der Waals surface area contributed by atoms with Gasteiger partial charge in [-0.1, -0.05) is 23.1 Å². The van der Waals surface area contributed by atoms with Gasteiger partial charge < -0.3 is 15.3 Å². The Morgan fingerprint density at radius 1 is 1.43 bits per heavy atom. The van der Waals surface area contributed by atoms with Gasteiger partial charge in [0, 0.05) is 18.0 Å². The van der Waals surface area contributed by atoms with Crippen LogP contribution in [0.5, 0.6) is 0 Å². The van der Waals surface area contributed by atoms with Crippen molar-refractivity contribution in [3.63, 3.8) is 0 Å². The minimum Gasteiger partial charge on any atom is -0.374 e. The predicted octanol–water partition coefficient (Wildman–Crippen LogP) is 1.14. The molecule has 0 saturated heterocycles. The maximum Gasteiger partial charge on any atom is 0.285 e. The van der Waals surface area contributed by atoms with E-state index in [1.165, 1.54) is 0 Å². The van der Waals surface area contributed by atoms with Crippen LogP contribution in [-0.4, -0.2) is 34.6 Å². The van der Waals surface area contributed by atoms with Crippen molar-refractivity contribution in [1.29, 1.82) is 0 Å². The summed E-state index contributed by atoms with van der Waals surface area (Å²) in [5.74, 6) is 0.449. The van der Waals surface area contributed by atoms with Crippen molar-refractivity contribution in [2.24, 2.45) is 4.99 Å². The van der Waals surface area contributed by atoms with E-state index < -0.39 is 6.23 Å². The number of aliphatic hydroxyl groups is 1. The minimum atomic E-state index is -0.585. The average molecular weight is 284 g/mol. The van der Waals surface area contributed by atoms with E-state index in [1.807, 2.05) is 35.2 Å². The number of fused-ring (bicyclic) bond motifs is 1. The van der Waals surface area contributed by atoms with E-state index in [2.05, 4.69) is 10.3 Å². The van der Waals surface area contributed by atoms with E-state index in [4.69, 9.17) is 0 Å². The van der Waals surface area contributed by atoms with Crippen LogP contribution in [0, 0.1) is 0 Å². The SMILES string of the molecule is CC(O)N1C=CC2=NC(C(=O)Nc3ccccc3)=C[N+]2C1. The van der Waals surface area contributed by atoms with Gasteiger partial charge in [0.1, 0.15) is 6.23 Å². The highest BCUT2D eigenvalue weighted by Crippen LogP contribution is 2.17. The van der Waals surface area contributed by atoms with Crippen molar-refractivity contribution in [1.82, 2.24) is 9.80 Å². The predicted molar refractivity (Wildman–Crippen MR) is 80.3 cm³/mol. The van der Waals surface area contributed by atoms with E-state index in [0.717, 1.165) is 5.69 Å². The molecule has 0 aromatic heterocycles. The second-order valence-electron chi connectivity index (χ2n) is 4.88. The second kappa shape index (κ2) is 5.51. The molecule has 2 heterocycles. The molecule has 1 radical (unpaired) electrons. The van der Waals surface area contributed by atoms with Gasteiger partial charge in [-0.05, 0) is 19.1 Å². The van der Waals surface area contributed by atoms with E-state index in [1.54, 1.807) is 30.3 Å². The quantitative estimate of drug-likeness (QED) is 0.818. The van der Waals surface area contributed by atoms with Crippen molar-refractivity contribution >= 4 is 17.4 Å². The van der Waals surface area contributed by atoms with Crippen LogP contribution in [0.1, 0.15) is 6.92 Å². The molecule has 0 saturated carbocycles. The van der Waals surface area contributed by atoms with Crippen LogP contribution in [-0.2, 0) is 4.79 Å². The first kappa shape index (κ1) is 13.5. The topological polar surface area (TPSA) is 70.8 Å². The number of amides is 1. The molecule has 1 atom stereocenters. The molecule has 3 rings (SSSR count). The third-order valence-electron chi connectivity index (χ3n) is 3.28. The lowest BCUT2D eigenvalue weighted by atomic mass is 10.3. The number of aliphatic imine (C=N–C) groups is 1. The van der Waals surface area contributed by atoms with Gasteiger partial charge in [0.25, 0.3) is 11.7 Å². The summed E-state index contributed by atoms with van der Waals surface area (Å²) >= 11 is 0. The summed E-state index contributed by atoms with van der Waals surface area (Å²) in [6.07, 6.45) is 4.65. The normalized spacial score (nSPS) is 18.9. The molecule has 2 N–H and O–H groups in total. The van der Waals surface area contributed by atoms with Crippen LogP contribution in [0.2, 0.25) is 0 Å². The van der Waals surface area contributed by atoms with E-state index in [-0.39, 0.29) is 5.91 Å². The molecule has 21 heavy (non-hydrogen) atoms. The van der Waals surface area contributed by atoms with Gasteiger partial charge in [-0.25, -0.2) is 0 Å². The average Bonchev–Trinajstić information content (AvgIpc) is 2.91. The van der Waals surface area contributed by atoms with E-state index >= 15 is 0 Å². The lowest BCUT2D eigenvalue weighted by Gasteiger charge is -2.24. The Balaban J connectivity index is 1.72. The van der Waals surface area contributed by atoms with Crippen molar-refractivity contribution in [3.05, 3.63) is 54.5 Å². The Morgan fingerprint density at radius 3 is 2.90 bits per heavy atom. The Morgan fingerprint density at radius 2 is 2.19 bits per heavy atom. The van der Waals surface area contributed by atoms with E-state index in [9.17, 15) is 9.90 Å². The number of carbonyl (C=O) groups is 1. The minimum absolute atomic E-state index is 0.250. The third kappa shape index (κ3) is 2.86. The number of benzene rings is 1. The first-order valence-corrected chi connectivity index (χ1v) is 6.69. The zero-order valence-corrected chi connectivity index (χ0v) is 11.6.